The molecular formula is C18H29N5O4. The second-order valence-electron chi connectivity index (χ2n) is 7.66. The van der Waals surface area contributed by atoms with E-state index >= 15 is 0 Å². The smallest absolute Gasteiger partial charge is 0.292 e. The second-order valence-corrected chi connectivity index (χ2v) is 7.66. The lowest BCUT2D eigenvalue weighted by atomic mass is 9.84. The van der Waals surface area contributed by atoms with Gasteiger partial charge in [-0.3, -0.25) is 14.8 Å². The van der Waals surface area contributed by atoms with Crippen molar-refractivity contribution in [1.29, 1.82) is 0 Å². The monoisotopic (exact) mass is 379 g/mol. The highest BCUT2D eigenvalue weighted by Gasteiger charge is 2.26. The van der Waals surface area contributed by atoms with Crippen LogP contribution in [0.25, 0.3) is 0 Å². The number of nitrogens with zero attached hydrogens (tertiary/aromatic N) is 2. The van der Waals surface area contributed by atoms with Gasteiger partial charge in [0.15, 0.2) is 0 Å². The van der Waals surface area contributed by atoms with Crippen LogP contribution < -0.4 is 16.1 Å². The first-order valence-corrected chi connectivity index (χ1v) is 9.94. The van der Waals surface area contributed by atoms with Gasteiger partial charge < -0.3 is 15.2 Å². The van der Waals surface area contributed by atoms with Crippen LogP contribution in [0, 0.1) is 5.92 Å². The van der Waals surface area contributed by atoms with Crippen LogP contribution in [0.2, 0.25) is 0 Å². The number of carbonyl (C=O) groups excluding carboxylic acids is 2. The van der Waals surface area contributed by atoms with E-state index < -0.39 is 5.91 Å². The number of hydrogen-bond acceptors (Lipinski definition) is 7. The first-order valence-electron chi connectivity index (χ1n) is 9.94. The summed E-state index contributed by atoms with van der Waals surface area (Å²) >= 11 is 0. The third kappa shape index (κ3) is 5.74. The zero-order valence-electron chi connectivity index (χ0n) is 15.6. The van der Waals surface area contributed by atoms with Gasteiger partial charge in [0.05, 0.1) is 6.04 Å². The van der Waals surface area contributed by atoms with Gasteiger partial charge in [0.1, 0.15) is 0 Å². The summed E-state index contributed by atoms with van der Waals surface area (Å²) < 4.78 is 5.27. The van der Waals surface area contributed by atoms with Crippen molar-refractivity contribution < 1.29 is 19.3 Å². The minimum absolute atomic E-state index is 0.0152. The van der Waals surface area contributed by atoms with Crippen LogP contribution >= 0.6 is 0 Å². The molecule has 2 heterocycles. The maximum Gasteiger partial charge on any atom is 0.292 e. The number of aromatic nitrogens is 2. The molecule has 1 atom stereocenters. The molecule has 3 rings (SSSR count). The van der Waals surface area contributed by atoms with Crippen LogP contribution in [0.1, 0.15) is 80.2 Å². The third-order valence-electron chi connectivity index (χ3n) is 5.56. The van der Waals surface area contributed by atoms with Gasteiger partial charge in [-0.1, -0.05) is 50.1 Å². The second kappa shape index (κ2) is 9.80. The standard InChI is InChI=1S/C18H29N5O4/c24-15(22-26)9-13(8-4-7-12-5-2-1-3-6-12)18-21-16(23-27-18)17(25)20-14-10-19-11-14/h12-14,19,26H,1-11H2,(H,20,25)(H,22,24). The number of amides is 2. The normalized spacial score (nSPS) is 19.3. The van der Waals surface area contributed by atoms with Crippen molar-refractivity contribution in [2.75, 3.05) is 13.1 Å². The van der Waals surface area contributed by atoms with Crippen molar-refractivity contribution in [2.24, 2.45) is 5.92 Å². The maximum atomic E-state index is 12.1. The summed E-state index contributed by atoms with van der Waals surface area (Å²) in [6.07, 6.45) is 9.33. The fourth-order valence-corrected chi connectivity index (χ4v) is 3.84. The van der Waals surface area contributed by atoms with E-state index in [0.717, 1.165) is 31.8 Å². The fraction of sp³-hybridized carbons (Fsp3) is 0.778. The van der Waals surface area contributed by atoms with Crippen molar-refractivity contribution >= 4 is 11.8 Å². The highest BCUT2D eigenvalue weighted by Crippen LogP contribution is 2.31. The molecule has 2 aliphatic rings. The molecule has 1 aliphatic heterocycles. The summed E-state index contributed by atoms with van der Waals surface area (Å²) in [4.78, 5) is 28.0. The molecule has 0 radical (unpaired) electrons. The van der Waals surface area contributed by atoms with Crippen molar-refractivity contribution in [1.82, 2.24) is 26.3 Å². The van der Waals surface area contributed by atoms with Gasteiger partial charge in [0.25, 0.3) is 11.7 Å². The lowest BCUT2D eigenvalue weighted by Gasteiger charge is -2.27. The fourth-order valence-electron chi connectivity index (χ4n) is 3.84. The molecule has 1 saturated carbocycles. The first-order chi connectivity index (χ1) is 13.2. The summed E-state index contributed by atoms with van der Waals surface area (Å²) in [5.74, 6) is -0.157. The van der Waals surface area contributed by atoms with Crippen molar-refractivity contribution in [2.45, 2.75) is 69.7 Å². The van der Waals surface area contributed by atoms with Crippen LogP contribution in [-0.4, -0.2) is 46.3 Å². The van der Waals surface area contributed by atoms with Crippen molar-refractivity contribution in [3.8, 4) is 0 Å². The molecular weight excluding hydrogens is 350 g/mol. The maximum absolute atomic E-state index is 12.1. The number of carbonyl (C=O) groups is 2. The van der Waals surface area contributed by atoms with Crippen LogP contribution in [0.5, 0.6) is 0 Å². The summed E-state index contributed by atoms with van der Waals surface area (Å²) in [5.41, 5.74) is 1.66. The molecule has 0 aromatic carbocycles. The molecule has 1 aromatic rings. The molecule has 2 fully saturated rings. The van der Waals surface area contributed by atoms with E-state index in [1.807, 2.05) is 0 Å². The summed E-state index contributed by atoms with van der Waals surface area (Å²) in [7, 11) is 0. The lowest BCUT2D eigenvalue weighted by Crippen LogP contribution is -2.57. The summed E-state index contributed by atoms with van der Waals surface area (Å²) in [5, 5.41) is 18.5. The van der Waals surface area contributed by atoms with E-state index in [9.17, 15) is 9.59 Å². The number of hydrogen-bond donors (Lipinski definition) is 4. The predicted octanol–water partition coefficient (Wildman–Crippen LogP) is 1.50. The SMILES string of the molecule is O=C(CC(CCCC1CCCCC1)c1nc(C(=O)NC2CNC2)no1)NO. The van der Waals surface area contributed by atoms with E-state index in [1.54, 1.807) is 5.48 Å². The molecule has 2 amide bonds. The van der Waals surface area contributed by atoms with E-state index in [0.29, 0.717) is 6.42 Å². The molecule has 1 aromatic heterocycles. The Bertz CT molecular complexity index is 625. The molecule has 9 heteroatoms. The van der Waals surface area contributed by atoms with Crippen LogP contribution in [0.15, 0.2) is 4.52 Å². The van der Waals surface area contributed by atoms with Gasteiger partial charge in [0, 0.05) is 25.4 Å². The molecule has 1 saturated heterocycles. The van der Waals surface area contributed by atoms with Gasteiger partial charge in [-0.25, -0.2) is 5.48 Å². The largest absolute Gasteiger partial charge is 0.344 e. The van der Waals surface area contributed by atoms with Gasteiger partial charge in [0.2, 0.25) is 11.8 Å². The molecule has 0 bridgehead atoms. The number of nitrogens with one attached hydrogen (secondary N) is 3. The van der Waals surface area contributed by atoms with E-state index in [4.69, 9.17) is 9.73 Å². The number of hydroxylamine groups is 1. The molecule has 9 nitrogen and oxygen atoms in total. The Labute approximate surface area is 158 Å². The Morgan fingerprint density at radius 3 is 2.70 bits per heavy atom. The average Bonchev–Trinajstić information content (AvgIpc) is 3.14. The molecule has 150 valence electrons. The molecule has 1 unspecified atom stereocenters. The van der Waals surface area contributed by atoms with Crippen molar-refractivity contribution in [3.63, 3.8) is 0 Å². The Hall–Kier alpha value is -2.00. The predicted molar refractivity (Wildman–Crippen MR) is 96.1 cm³/mol. The van der Waals surface area contributed by atoms with Gasteiger partial charge >= 0.3 is 0 Å². The quantitative estimate of drug-likeness (QED) is 0.378. The van der Waals surface area contributed by atoms with Gasteiger partial charge in [-0.05, 0) is 12.3 Å². The topological polar surface area (TPSA) is 129 Å². The molecule has 27 heavy (non-hydrogen) atoms. The molecule has 0 spiro atoms. The highest BCUT2D eigenvalue weighted by atomic mass is 16.5. The zero-order chi connectivity index (χ0) is 19.1. The Morgan fingerprint density at radius 1 is 1.26 bits per heavy atom. The Balaban J connectivity index is 1.56. The minimum atomic E-state index is -0.498. The van der Waals surface area contributed by atoms with Crippen molar-refractivity contribution in [3.05, 3.63) is 11.7 Å². The van der Waals surface area contributed by atoms with Gasteiger partial charge in [-0.2, -0.15) is 4.98 Å². The average molecular weight is 379 g/mol. The molecule has 1 aliphatic carbocycles. The first kappa shape index (κ1) is 19.8. The van der Waals surface area contributed by atoms with Gasteiger partial charge in [-0.15, -0.1) is 0 Å². The van der Waals surface area contributed by atoms with E-state index in [-0.39, 0.29) is 36.0 Å². The lowest BCUT2D eigenvalue weighted by molar-refractivity contribution is -0.129. The highest BCUT2D eigenvalue weighted by molar-refractivity contribution is 5.90. The van der Waals surface area contributed by atoms with Crippen LogP contribution in [0.3, 0.4) is 0 Å². The Kier molecular flexibility index (Phi) is 7.17. The zero-order valence-corrected chi connectivity index (χ0v) is 15.6. The van der Waals surface area contributed by atoms with Crippen LogP contribution in [0.4, 0.5) is 0 Å². The third-order valence-corrected chi connectivity index (χ3v) is 5.56. The minimum Gasteiger partial charge on any atom is -0.344 e. The molecule has 4 N–H and O–H groups in total. The van der Waals surface area contributed by atoms with Crippen LogP contribution in [-0.2, 0) is 4.79 Å². The van der Waals surface area contributed by atoms with E-state index in [1.165, 1.54) is 32.1 Å². The summed E-state index contributed by atoms with van der Waals surface area (Å²) in [6.45, 7) is 1.47. The summed E-state index contributed by atoms with van der Waals surface area (Å²) in [6, 6.07) is 0.0888. The number of rotatable bonds is 9. The van der Waals surface area contributed by atoms with E-state index in [2.05, 4.69) is 20.8 Å². The Morgan fingerprint density at radius 2 is 2.04 bits per heavy atom.